The minimum atomic E-state index is 0.0582. The highest BCUT2D eigenvalue weighted by atomic mass is 16.5. The molecular formula is C18H26N6O3. The summed E-state index contributed by atoms with van der Waals surface area (Å²) < 4.78 is 12.8. The Kier molecular flexibility index (Phi) is 5.81. The molecule has 0 N–H and O–H groups in total. The zero-order valence-electron chi connectivity index (χ0n) is 15.5. The predicted octanol–water partition coefficient (Wildman–Crippen LogP) is 0.161. The molecule has 0 bridgehead atoms. The summed E-state index contributed by atoms with van der Waals surface area (Å²) in [6.45, 7) is 9.01. The van der Waals surface area contributed by atoms with Crippen LogP contribution in [0.15, 0.2) is 29.4 Å². The van der Waals surface area contributed by atoms with Crippen molar-refractivity contribution in [2.24, 2.45) is 0 Å². The summed E-state index contributed by atoms with van der Waals surface area (Å²) in [6.07, 6.45) is 4.87. The molecule has 2 aromatic heterocycles. The predicted molar refractivity (Wildman–Crippen MR) is 97.2 cm³/mol. The lowest BCUT2D eigenvalue weighted by Crippen LogP contribution is -2.49. The number of carbonyl (C=O) groups is 1. The van der Waals surface area contributed by atoms with Crippen LogP contribution in [0.4, 0.5) is 0 Å². The lowest BCUT2D eigenvalue weighted by atomic mass is 10.2. The van der Waals surface area contributed by atoms with Gasteiger partial charge < -0.3 is 14.1 Å². The number of furan rings is 1. The normalized spacial score (nSPS) is 19.5. The quantitative estimate of drug-likeness (QED) is 0.713. The third kappa shape index (κ3) is 4.74. The second-order valence-electron chi connectivity index (χ2n) is 6.98. The number of rotatable bonds is 6. The standard InChI is InChI=1S/C18H26N6O3/c25-18(16-11-17(27-13-16)12-22-7-9-26-10-8-22)23-4-1-21(2-5-23)3-6-24-15-19-14-20-24/h11,13-15H,1-10,12H2. The molecule has 0 radical (unpaired) electrons. The van der Waals surface area contributed by atoms with Gasteiger partial charge in [-0.3, -0.25) is 19.3 Å². The number of piperazine rings is 1. The van der Waals surface area contributed by atoms with Crippen molar-refractivity contribution in [1.29, 1.82) is 0 Å². The third-order valence-corrected chi connectivity index (χ3v) is 5.16. The van der Waals surface area contributed by atoms with Crippen molar-refractivity contribution in [3.63, 3.8) is 0 Å². The van der Waals surface area contributed by atoms with Crippen molar-refractivity contribution >= 4 is 5.91 Å². The van der Waals surface area contributed by atoms with E-state index in [0.29, 0.717) is 5.56 Å². The molecule has 0 unspecified atom stereocenters. The van der Waals surface area contributed by atoms with Gasteiger partial charge in [0.15, 0.2) is 0 Å². The van der Waals surface area contributed by atoms with Crippen molar-refractivity contribution in [3.8, 4) is 0 Å². The summed E-state index contributed by atoms with van der Waals surface area (Å²) in [5.74, 6) is 0.898. The number of morpholine rings is 1. The monoisotopic (exact) mass is 374 g/mol. The summed E-state index contributed by atoms with van der Waals surface area (Å²) in [4.78, 5) is 23.2. The molecule has 9 heteroatoms. The van der Waals surface area contributed by atoms with E-state index in [1.807, 2.05) is 15.6 Å². The Morgan fingerprint density at radius 2 is 1.85 bits per heavy atom. The Bertz CT molecular complexity index is 717. The maximum atomic E-state index is 12.7. The van der Waals surface area contributed by atoms with E-state index >= 15 is 0 Å². The molecule has 0 atom stereocenters. The highest BCUT2D eigenvalue weighted by Gasteiger charge is 2.23. The molecule has 27 heavy (non-hydrogen) atoms. The van der Waals surface area contributed by atoms with E-state index in [0.717, 1.165) is 77.9 Å². The molecule has 4 heterocycles. The van der Waals surface area contributed by atoms with Crippen molar-refractivity contribution in [2.45, 2.75) is 13.1 Å². The van der Waals surface area contributed by atoms with Gasteiger partial charge in [-0.25, -0.2) is 4.98 Å². The van der Waals surface area contributed by atoms with Crippen LogP contribution in [0.2, 0.25) is 0 Å². The van der Waals surface area contributed by atoms with Crippen LogP contribution in [0, 0.1) is 0 Å². The van der Waals surface area contributed by atoms with E-state index < -0.39 is 0 Å². The first-order valence-electron chi connectivity index (χ1n) is 9.49. The van der Waals surface area contributed by atoms with Gasteiger partial charge >= 0.3 is 0 Å². The van der Waals surface area contributed by atoms with Crippen LogP contribution in [0.1, 0.15) is 16.1 Å². The minimum absolute atomic E-state index is 0.0582. The van der Waals surface area contributed by atoms with Gasteiger partial charge in [0, 0.05) is 45.8 Å². The number of amides is 1. The van der Waals surface area contributed by atoms with Crippen LogP contribution in [-0.4, -0.2) is 94.4 Å². The Hall–Kier alpha value is -2.23. The molecule has 0 spiro atoms. The Morgan fingerprint density at radius 3 is 2.59 bits per heavy atom. The zero-order valence-corrected chi connectivity index (χ0v) is 15.5. The highest BCUT2D eigenvalue weighted by molar-refractivity contribution is 5.94. The Morgan fingerprint density at radius 1 is 1.04 bits per heavy atom. The molecule has 2 fully saturated rings. The molecule has 146 valence electrons. The summed E-state index contributed by atoms with van der Waals surface area (Å²) in [5.41, 5.74) is 0.648. The molecule has 2 aromatic rings. The van der Waals surface area contributed by atoms with Crippen LogP contribution in [0.5, 0.6) is 0 Å². The fourth-order valence-corrected chi connectivity index (χ4v) is 3.50. The summed E-state index contributed by atoms with van der Waals surface area (Å²) in [5, 5.41) is 4.12. The number of carbonyl (C=O) groups excluding carboxylic acids is 1. The lowest BCUT2D eigenvalue weighted by Gasteiger charge is -2.34. The molecule has 0 aromatic carbocycles. The summed E-state index contributed by atoms with van der Waals surface area (Å²) >= 11 is 0. The van der Waals surface area contributed by atoms with E-state index in [-0.39, 0.29) is 5.91 Å². The maximum absolute atomic E-state index is 12.7. The molecule has 0 aliphatic carbocycles. The van der Waals surface area contributed by atoms with Crippen LogP contribution in [0.25, 0.3) is 0 Å². The third-order valence-electron chi connectivity index (χ3n) is 5.16. The first kappa shape index (κ1) is 18.1. The van der Waals surface area contributed by atoms with Crippen LogP contribution in [0.3, 0.4) is 0 Å². The average Bonchev–Trinajstić information content (AvgIpc) is 3.39. The van der Waals surface area contributed by atoms with E-state index in [1.165, 1.54) is 0 Å². The first-order valence-corrected chi connectivity index (χ1v) is 9.49. The van der Waals surface area contributed by atoms with Crippen LogP contribution >= 0.6 is 0 Å². The molecule has 4 rings (SSSR count). The topological polar surface area (TPSA) is 79.9 Å². The number of nitrogens with zero attached hydrogens (tertiary/aromatic N) is 6. The van der Waals surface area contributed by atoms with Gasteiger partial charge in [-0.1, -0.05) is 0 Å². The van der Waals surface area contributed by atoms with Crippen molar-refractivity contribution in [2.75, 3.05) is 59.0 Å². The second-order valence-corrected chi connectivity index (χ2v) is 6.98. The molecule has 9 nitrogen and oxygen atoms in total. The highest BCUT2D eigenvalue weighted by Crippen LogP contribution is 2.15. The van der Waals surface area contributed by atoms with Crippen LogP contribution in [-0.2, 0) is 17.8 Å². The smallest absolute Gasteiger partial charge is 0.257 e. The minimum Gasteiger partial charge on any atom is -0.467 e. The van der Waals surface area contributed by atoms with Gasteiger partial charge in [0.25, 0.3) is 5.91 Å². The van der Waals surface area contributed by atoms with Crippen molar-refractivity contribution in [3.05, 3.63) is 36.3 Å². The SMILES string of the molecule is O=C(c1coc(CN2CCOCC2)c1)N1CCN(CCn2cncn2)CC1. The van der Waals surface area contributed by atoms with Crippen molar-refractivity contribution in [1.82, 2.24) is 29.5 Å². The fourth-order valence-electron chi connectivity index (χ4n) is 3.50. The van der Waals surface area contributed by atoms with Gasteiger partial charge in [-0.05, 0) is 6.07 Å². The molecule has 1 amide bonds. The van der Waals surface area contributed by atoms with Crippen molar-refractivity contribution < 1.29 is 13.9 Å². The van der Waals surface area contributed by atoms with Gasteiger partial charge in [-0.2, -0.15) is 5.10 Å². The van der Waals surface area contributed by atoms with Crippen LogP contribution < -0.4 is 0 Å². The Labute approximate surface area is 158 Å². The number of hydrogen-bond acceptors (Lipinski definition) is 7. The molecule has 2 aliphatic heterocycles. The molecule has 0 saturated carbocycles. The van der Waals surface area contributed by atoms with E-state index in [2.05, 4.69) is 19.9 Å². The largest absolute Gasteiger partial charge is 0.467 e. The number of hydrogen-bond donors (Lipinski definition) is 0. The number of aromatic nitrogens is 3. The maximum Gasteiger partial charge on any atom is 0.257 e. The summed E-state index contributed by atoms with van der Waals surface area (Å²) in [6, 6.07) is 1.88. The molecule has 2 saturated heterocycles. The zero-order chi connectivity index (χ0) is 18.5. The van der Waals surface area contributed by atoms with Gasteiger partial charge in [0.05, 0.1) is 31.9 Å². The average molecular weight is 374 g/mol. The van der Waals surface area contributed by atoms with E-state index in [4.69, 9.17) is 9.15 Å². The summed E-state index contributed by atoms with van der Waals surface area (Å²) in [7, 11) is 0. The first-order chi connectivity index (χ1) is 13.3. The van der Waals surface area contributed by atoms with Gasteiger partial charge in [-0.15, -0.1) is 0 Å². The van der Waals surface area contributed by atoms with E-state index in [1.54, 1.807) is 18.9 Å². The second kappa shape index (κ2) is 8.64. The number of ether oxygens (including phenoxy) is 1. The van der Waals surface area contributed by atoms with E-state index in [9.17, 15) is 4.79 Å². The Balaban J connectivity index is 1.24. The van der Waals surface area contributed by atoms with Gasteiger partial charge in [0.2, 0.25) is 0 Å². The molecular weight excluding hydrogens is 348 g/mol. The molecule has 2 aliphatic rings. The fraction of sp³-hybridized carbons (Fsp3) is 0.611. The van der Waals surface area contributed by atoms with Gasteiger partial charge in [0.1, 0.15) is 24.7 Å². The lowest BCUT2D eigenvalue weighted by molar-refractivity contribution is 0.0313.